The first-order valence-electron chi connectivity index (χ1n) is 11.3. The molecule has 1 aliphatic heterocycles. The van der Waals surface area contributed by atoms with Crippen LogP contribution in [-0.2, 0) is 14.4 Å². The van der Waals surface area contributed by atoms with E-state index in [0.717, 1.165) is 45.3 Å². The molecule has 0 aliphatic carbocycles. The predicted molar refractivity (Wildman–Crippen MR) is 119 cm³/mol. The van der Waals surface area contributed by atoms with Gasteiger partial charge < -0.3 is 15.5 Å². The average molecular weight is 416 g/mol. The Bertz CT molecular complexity index is 678. The maximum absolute atomic E-state index is 12.6. The van der Waals surface area contributed by atoms with Crippen LogP contribution in [0, 0.1) is 0 Å². The number of hydrogen-bond acceptors (Lipinski definition) is 4. The van der Waals surface area contributed by atoms with Crippen molar-refractivity contribution in [2.24, 2.45) is 0 Å². The third-order valence-corrected chi connectivity index (χ3v) is 5.81. The van der Waals surface area contributed by atoms with E-state index in [-0.39, 0.29) is 17.6 Å². The lowest BCUT2D eigenvalue weighted by Gasteiger charge is -2.20. The van der Waals surface area contributed by atoms with Gasteiger partial charge in [-0.05, 0) is 37.3 Å². The number of carbonyl (C=O) groups excluding carboxylic acids is 3. The molecule has 0 aromatic heterocycles. The highest BCUT2D eigenvalue weighted by molar-refractivity contribution is 5.86. The summed E-state index contributed by atoms with van der Waals surface area (Å²) in [4.78, 5) is 37.8. The molecule has 30 heavy (non-hydrogen) atoms. The molecule has 6 nitrogen and oxygen atoms in total. The molecule has 0 radical (unpaired) electrons. The molecule has 1 aromatic rings. The molecule has 0 bridgehead atoms. The molecule has 0 spiro atoms. The monoisotopic (exact) mass is 415 g/mol. The molecular weight excluding hydrogens is 378 g/mol. The first kappa shape index (κ1) is 24.1. The minimum absolute atomic E-state index is 0.117. The van der Waals surface area contributed by atoms with Crippen LogP contribution in [0.25, 0.3) is 0 Å². The van der Waals surface area contributed by atoms with Crippen molar-refractivity contribution in [3.8, 4) is 0 Å². The summed E-state index contributed by atoms with van der Waals surface area (Å²) in [5, 5.41) is 5.75. The fourth-order valence-electron chi connectivity index (χ4n) is 4.03. The fraction of sp³-hybridized carbons (Fsp3) is 0.625. The topological polar surface area (TPSA) is 78.5 Å². The summed E-state index contributed by atoms with van der Waals surface area (Å²) in [5.74, 6) is 0.534. The summed E-state index contributed by atoms with van der Waals surface area (Å²) in [6.45, 7) is 6.78. The first-order chi connectivity index (χ1) is 14.5. The van der Waals surface area contributed by atoms with Crippen molar-refractivity contribution in [3.05, 3.63) is 35.9 Å². The summed E-state index contributed by atoms with van der Waals surface area (Å²) < 4.78 is 0. The molecule has 1 unspecified atom stereocenters. The predicted octanol–water partition coefficient (Wildman–Crippen LogP) is 3.03. The molecule has 166 valence electrons. The third kappa shape index (κ3) is 8.66. The van der Waals surface area contributed by atoms with Crippen LogP contribution < -0.4 is 10.6 Å². The third-order valence-electron chi connectivity index (χ3n) is 5.81. The van der Waals surface area contributed by atoms with Gasteiger partial charge in [0, 0.05) is 39.4 Å². The summed E-state index contributed by atoms with van der Waals surface area (Å²) in [6.07, 6.45) is 5.49. The van der Waals surface area contributed by atoms with Crippen LogP contribution in [0.15, 0.2) is 30.3 Å². The standard InChI is InChI=1S/C24H37N3O3/c1-3-22(29)12-8-5-9-13-23(26-19(2)28)24(30)25-15-17-27-16-14-21(18-27)20-10-6-4-7-11-20/h4,6-7,10-11,21,23H,3,5,8-9,12-18H2,1-2H3,(H,25,30)(H,26,28)/t21?,23-/m0/s1. The quantitative estimate of drug-likeness (QED) is 0.486. The Labute approximate surface area is 180 Å². The Morgan fingerprint density at radius 1 is 1.13 bits per heavy atom. The van der Waals surface area contributed by atoms with E-state index in [1.165, 1.54) is 12.5 Å². The molecule has 2 amide bonds. The van der Waals surface area contributed by atoms with Gasteiger partial charge >= 0.3 is 0 Å². The number of rotatable bonds is 13. The van der Waals surface area contributed by atoms with Gasteiger partial charge in [0.2, 0.25) is 11.8 Å². The van der Waals surface area contributed by atoms with Crippen molar-refractivity contribution in [3.63, 3.8) is 0 Å². The van der Waals surface area contributed by atoms with Crippen LogP contribution in [0.4, 0.5) is 0 Å². The summed E-state index contributed by atoms with van der Waals surface area (Å²) in [6, 6.07) is 10.1. The van der Waals surface area contributed by atoms with E-state index in [1.54, 1.807) is 0 Å². The number of nitrogens with zero attached hydrogens (tertiary/aromatic N) is 1. The second-order valence-corrected chi connectivity index (χ2v) is 8.23. The SMILES string of the molecule is CCC(=O)CCCCC[C@H](NC(C)=O)C(=O)NCCN1CCC(c2ccccc2)C1. The summed E-state index contributed by atoms with van der Waals surface area (Å²) in [5.41, 5.74) is 1.38. The van der Waals surface area contributed by atoms with Gasteiger partial charge in [-0.25, -0.2) is 0 Å². The van der Waals surface area contributed by atoms with E-state index in [0.29, 0.717) is 31.7 Å². The zero-order chi connectivity index (χ0) is 21.8. The second-order valence-electron chi connectivity index (χ2n) is 8.23. The number of hydrogen-bond donors (Lipinski definition) is 2. The minimum atomic E-state index is -0.500. The molecule has 2 rings (SSSR count). The van der Waals surface area contributed by atoms with Crippen LogP contribution in [0.2, 0.25) is 0 Å². The van der Waals surface area contributed by atoms with Gasteiger partial charge in [-0.3, -0.25) is 14.4 Å². The molecule has 2 N–H and O–H groups in total. The smallest absolute Gasteiger partial charge is 0.242 e. The lowest BCUT2D eigenvalue weighted by molar-refractivity contribution is -0.128. The number of unbranched alkanes of at least 4 members (excludes halogenated alkanes) is 2. The highest BCUT2D eigenvalue weighted by Gasteiger charge is 2.24. The molecule has 0 saturated carbocycles. The van der Waals surface area contributed by atoms with Crippen molar-refractivity contribution < 1.29 is 14.4 Å². The van der Waals surface area contributed by atoms with Crippen LogP contribution >= 0.6 is 0 Å². The number of nitrogens with one attached hydrogen (secondary N) is 2. The van der Waals surface area contributed by atoms with Gasteiger partial charge in [0.15, 0.2) is 0 Å². The largest absolute Gasteiger partial charge is 0.353 e. The molecule has 1 saturated heterocycles. The van der Waals surface area contributed by atoms with E-state index < -0.39 is 6.04 Å². The second kappa shape index (κ2) is 13.2. The molecule has 1 fully saturated rings. The molecule has 1 aliphatic rings. The summed E-state index contributed by atoms with van der Waals surface area (Å²) >= 11 is 0. The van der Waals surface area contributed by atoms with Crippen molar-refractivity contribution in [1.29, 1.82) is 0 Å². The van der Waals surface area contributed by atoms with E-state index in [9.17, 15) is 14.4 Å². The van der Waals surface area contributed by atoms with E-state index in [4.69, 9.17) is 0 Å². The van der Waals surface area contributed by atoms with Crippen LogP contribution in [0.1, 0.15) is 70.3 Å². The molecule has 6 heteroatoms. The van der Waals surface area contributed by atoms with E-state index in [1.807, 2.05) is 13.0 Å². The van der Waals surface area contributed by atoms with Crippen LogP contribution in [0.3, 0.4) is 0 Å². The Kier molecular flexibility index (Phi) is 10.6. The zero-order valence-corrected chi connectivity index (χ0v) is 18.5. The van der Waals surface area contributed by atoms with Gasteiger partial charge in [-0.2, -0.15) is 0 Å². The normalized spacial score (nSPS) is 17.5. The Morgan fingerprint density at radius 3 is 2.60 bits per heavy atom. The van der Waals surface area contributed by atoms with Gasteiger partial charge in [0.1, 0.15) is 11.8 Å². The number of carbonyl (C=O) groups is 3. The van der Waals surface area contributed by atoms with Crippen molar-refractivity contribution in [1.82, 2.24) is 15.5 Å². The van der Waals surface area contributed by atoms with Crippen molar-refractivity contribution in [2.75, 3.05) is 26.2 Å². The number of amides is 2. The fourth-order valence-corrected chi connectivity index (χ4v) is 4.03. The first-order valence-corrected chi connectivity index (χ1v) is 11.3. The number of benzene rings is 1. The van der Waals surface area contributed by atoms with Gasteiger partial charge in [0.25, 0.3) is 0 Å². The van der Waals surface area contributed by atoms with E-state index >= 15 is 0 Å². The van der Waals surface area contributed by atoms with Crippen LogP contribution in [0.5, 0.6) is 0 Å². The van der Waals surface area contributed by atoms with Crippen molar-refractivity contribution >= 4 is 17.6 Å². The summed E-state index contributed by atoms with van der Waals surface area (Å²) in [7, 11) is 0. The molecule has 1 aromatic carbocycles. The number of ketones is 1. The van der Waals surface area contributed by atoms with Crippen LogP contribution in [-0.4, -0.2) is 54.7 Å². The zero-order valence-electron chi connectivity index (χ0n) is 18.5. The van der Waals surface area contributed by atoms with E-state index in [2.05, 4.69) is 39.8 Å². The molecular formula is C24H37N3O3. The Balaban J connectivity index is 1.68. The highest BCUT2D eigenvalue weighted by atomic mass is 16.2. The maximum atomic E-state index is 12.6. The number of Topliss-reactive ketones (excluding diaryl/α,β-unsaturated/α-hetero) is 1. The lowest BCUT2D eigenvalue weighted by atomic mass is 9.99. The Hall–Kier alpha value is -2.21. The molecule has 2 atom stereocenters. The van der Waals surface area contributed by atoms with Gasteiger partial charge in [-0.15, -0.1) is 0 Å². The lowest BCUT2D eigenvalue weighted by Crippen LogP contribution is -2.47. The average Bonchev–Trinajstić information content (AvgIpc) is 3.21. The highest BCUT2D eigenvalue weighted by Crippen LogP contribution is 2.26. The Morgan fingerprint density at radius 2 is 1.90 bits per heavy atom. The minimum Gasteiger partial charge on any atom is -0.353 e. The van der Waals surface area contributed by atoms with Crippen molar-refractivity contribution in [2.45, 2.75) is 70.8 Å². The maximum Gasteiger partial charge on any atom is 0.242 e. The van der Waals surface area contributed by atoms with Gasteiger partial charge in [-0.1, -0.05) is 50.1 Å². The van der Waals surface area contributed by atoms with Gasteiger partial charge in [0.05, 0.1) is 0 Å². The number of likely N-dealkylation sites (tertiary alicyclic amines) is 1. The molecule has 1 heterocycles.